The van der Waals surface area contributed by atoms with E-state index >= 15 is 0 Å². The summed E-state index contributed by atoms with van der Waals surface area (Å²) in [5.74, 6) is 0.975. The average Bonchev–Trinajstić information content (AvgIpc) is 2.17. The Balaban J connectivity index is 2.48. The molecule has 0 saturated heterocycles. The van der Waals surface area contributed by atoms with Crippen molar-refractivity contribution < 1.29 is 4.74 Å². The molecular weight excluding hydrogens is 160 g/mol. The average molecular weight is 178 g/mol. The molecule has 0 radical (unpaired) electrons. The number of ether oxygens (including phenoxy) is 1. The molecule has 1 aromatic rings. The molecule has 0 unspecified atom stereocenters. The summed E-state index contributed by atoms with van der Waals surface area (Å²) < 4.78 is 5.37. The van der Waals surface area contributed by atoms with Gasteiger partial charge in [0, 0.05) is 0 Å². The third kappa shape index (κ3) is 3.49. The summed E-state index contributed by atoms with van der Waals surface area (Å²) in [7, 11) is 0. The standard InChI is InChI=1S/C12H18O/c1-3-5-6-11-7-9-12(10-8-11)13-4-2/h7-10H,3-6H2,1-2H3. The summed E-state index contributed by atoms with van der Waals surface area (Å²) in [6, 6.07) is 8.41. The highest BCUT2D eigenvalue weighted by Gasteiger charge is 1.93. The Morgan fingerprint density at radius 1 is 1.08 bits per heavy atom. The molecule has 0 bridgehead atoms. The van der Waals surface area contributed by atoms with E-state index in [1.54, 1.807) is 0 Å². The van der Waals surface area contributed by atoms with Crippen LogP contribution < -0.4 is 4.74 Å². The Kier molecular flexibility index (Phi) is 4.37. The van der Waals surface area contributed by atoms with Crippen molar-refractivity contribution in [2.24, 2.45) is 0 Å². The second-order valence-electron chi connectivity index (χ2n) is 3.18. The molecule has 72 valence electrons. The topological polar surface area (TPSA) is 9.23 Å². The van der Waals surface area contributed by atoms with Crippen molar-refractivity contribution in [2.45, 2.75) is 33.1 Å². The number of benzene rings is 1. The zero-order valence-electron chi connectivity index (χ0n) is 8.55. The van der Waals surface area contributed by atoms with Crippen LogP contribution in [-0.2, 0) is 6.42 Å². The molecule has 0 aliphatic heterocycles. The van der Waals surface area contributed by atoms with E-state index in [1.165, 1.54) is 24.8 Å². The van der Waals surface area contributed by atoms with E-state index in [9.17, 15) is 0 Å². The van der Waals surface area contributed by atoms with Gasteiger partial charge in [0.05, 0.1) is 6.61 Å². The molecule has 13 heavy (non-hydrogen) atoms. The van der Waals surface area contributed by atoms with E-state index in [4.69, 9.17) is 4.74 Å². The van der Waals surface area contributed by atoms with Gasteiger partial charge in [0.25, 0.3) is 0 Å². The summed E-state index contributed by atoms with van der Waals surface area (Å²) in [5, 5.41) is 0. The maximum atomic E-state index is 5.37. The minimum atomic E-state index is 0.744. The molecule has 0 spiro atoms. The number of aryl methyl sites for hydroxylation is 1. The van der Waals surface area contributed by atoms with Crippen LogP contribution in [0.3, 0.4) is 0 Å². The van der Waals surface area contributed by atoms with Crippen LogP contribution in [0.25, 0.3) is 0 Å². The number of unbranched alkanes of at least 4 members (excludes halogenated alkanes) is 1. The lowest BCUT2D eigenvalue weighted by Crippen LogP contribution is -1.91. The maximum Gasteiger partial charge on any atom is 0.119 e. The first kappa shape index (κ1) is 10.1. The van der Waals surface area contributed by atoms with E-state index in [0.717, 1.165) is 12.4 Å². The van der Waals surface area contributed by atoms with Gasteiger partial charge in [-0.25, -0.2) is 0 Å². The summed E-state index contributed by atoms with van der Waals surface area (Å²) >= 11 is 0. The van der Waals surface area contributed by atoms with Crippen LogP contribution in [-0.4, -0.2) is 6.61 Å². The fourth-order valence-corrected chi connectivity index (χ4v) is 1.30. The van der Waals surface area contributed by atoms with E-state index < -0.39 is 0 Å². The van der Waals surface area contributed by atoms with Crippen molar-refractivity contribution in [2.75, 3.05) is 6.61 Å². The molecule has 0 aromatic heterocycles. The second kappa shape index (κ2) is 5.63. The van der Waals surface area contributed by atoms with Crippen molar-refractivity contribution in [3.8, 4) is 5.75 Å². The number of rotatable bonds is 5. The molecule has 1 aromatic carbocycles. The van der Waals surface area contributed by atoms with E-state index in [1.807, 2.05) is 6.92 Å². The zero-order valence-corrected chi connectivity index (χ0v) is 8.55. The van der Waals surface area contributed by atoms with E-state index in [2.05, 4.69) is 31.2 Å². The molecule has 1 heteroatoms. The highest BCUT2D eigenvalue weighted by molar-refractivity contribution is 5.27. The predicted molar refractivity (Wildman–Crippen MR) is 56.2 cm³/mol. The van der Waals surface area contributed by atoms with E-state index in [-0.39, 0.29) is 0 Å². The van der Waals surface area contributed by atoms with Crippen LogP contribution in [0.1, 0.15) is 32.3 Å². The molecule has 0 amide bonds. The van der Waals surface area contributed by atoms with E-state index in [0.29, 0.717) is 0 Å². The van der Waals surface area contributed by atoms with Crippen LogP contribution in [0.2, 0.25) is 0 Å². The Hall–Kier alpha value is -0.980. The van der Waals surface area contributed by atoms with Crippen LogP contribution in [0.15, 0.2) is 24.3 Å². The molecule has 0 heterocycles. The van der Waals surface area contributed by atoms with Gasteiger partial charge < -0.3 is 4.74 Å². The summed E-state index contributed by atoms with van der Waals surface area (Å²) in [6.45, 7) is 4.97. The van der Waals surface area contributed by atoms with Crippen LogP contribution in [0.5, 0.6) is 5.75 Å². The van der Waals surface area contributed by atoms with Crippen molar-refractivity contribution >= 4 is 0 Å². The highest BCUT2D eigenvalue weighted by Crippen LogP contribution is 2.13. The van der Waals surface area contributed by atoms with Gasteiger partial charge in [0.2, 0.25) is 0 Å². The fraction of sp³-hybridized carbons (Fsp3) is 0.500. The van der Waals surface area contributed by atoms with Gasteiger partial charge in [-0.1, -0.05) is 25.5 Å². The zero-order chi connectivity index (χ0) is 9.52. The Morgan fingerprint density at radius 2 is 1.77 bits per heavy atom. The predicted octanol–water partition coefficient (Wildman–Crippen LogP) is 3.43. The highest BCUT2D eigenvalue weighted by atomic mass is 16.5. The molecule has 0 atom stereocenters. The summed E-state index contributed by atoms with van der Waals surface area (Å²) in [6.07, 6.45) is 3.71. The van der Waals surface area contributed by atoms with Crippen LogP contribution in [0.4, 0.5) is 0 Å². The van der Waals surface area contributed by atoms with Gasteiger partial charge in [-0.05, 0) is 37.5 Å². The van der Waals surface area contributed by atoms with Crippen molar-refractivity contribution in [3.05, 3.63) is 29.8 Å². The largest absolute Gasteiger partial charge is 0.494 e. The first-order chi connectivity index (χ1) is 6.36. The fourth-order valence-electron chi connectivity index (χ4n) is 1.30. The first-order valence-corrected chi connectivity index (χ1v) is 5.08. The summed E-state index contributed by atoms with van der Waals surface area (Å²) in [5.41, 5.74) is 1.41. The van der Waals surface area contributed by atoms with Crippen LogP contribution in [0, 0.1) is 0 Å². The van der Waals surface area contributed by atoms with Gasteiger partial charge in [0.1, 0.15) is 5.75 Å². The molecule has 1 nitrogen and oxygen atoms in total. The monoisotopic (exact) mass is 178 g/mol. The first-order valence-electron chi connectivity index (χ1n) is 5.08. The quantitative estimate of drug-likeness (QED) is 0.671. The third-order valence-electron chi connectivity index (χ3n) is 2.05. The lowest BCUT2D eigenvalue weighted by Gasteiger charge is -2.04. The number of hydrogen-bond acceptors (Lipinski definition) is 1. The molecule has 0 aliphatic carbocycles. The lowest BCUT2D eigenvalue weighted by molar-refractivity contribution is 0.340. The molecule has 0 saturated carbocycles. The Morgan fingerprint density at radius 3 is 2.31 bits per heavy atom. The second-order valence-corrected chi connectivity index (χ2v) is 3.18. The van der Waals surface area contributed by atoms with Gasteiger partial charge in [-0.15, -0.1) is 0 Å². The van der Waals surface area contributed by atoms with Crippen molar-refractivity contribution in [1.29, 1.82) is 0 Å². The SMILES string of the molecule is CCCCc1ccc(OCC)cc1. The Bertz CT molecular complexity index is 225. The molecule has 0 N–H and O–H groups in total. The van der Waals surface area contributed by atoms with Gasteiger partial charge in [0.15, 0.2) is 0 Å². The number of hydrogen-bond donors (Lipinski definition) is 0. The van der Waals surface area contributed by atoms with Gasteiger partial charge in [-0.3, -0.25) is 0 Å². The third-order valence-corrected chi connectivity index (χ3v) is 2.05. The van der Waals surface area contributed by atoms with Gasteiger partial charge in [-0.2, -0.15) is 0 Å². The molecule has 0 fully saturated rings. The smallest absolute Gasteiger partial charge is 0.119 e. The van der Waals surface area contributed by atoms with Crippen molar-refractivity contribution in [3.63, 3.8) is 0 Å². The molecule has 0 aliphatic rings. The normalized spacial score (nSPS) is 10.0. The Labute approximate surface area is 80.7 Å². The molecular formula is C12H18O. The lowest BCUT2D eigenvalue weighted by atomic mass is 10.1. The minimum absolute atomic E-state index is 0.744. The molecule has 1 rings (SSSR count). The van der Waals surface area contributed by atoms with Crippen molar-refractivity contribution in [1.82, 2.24) is 0 Å². The maximum absolute atomic E-state index is 5.37. The minimum Gasteiger partial charge on any atom is -0.494 e. The summed E-state index contributed by atoms with van der Waals surface area (Å²) in [4.78, 5) is 0. The van der Waals surface area contributed by atoms with Gasteiger partial charge >= 0.3 is 0 Å². The van der Waals surface area contributed by atoms with Crippen LogP contribution >= 0.6 is 0 Å².